The van der Waals surface area contributed by atoms with E-state index in [1.165, 1.54) is 0 Å². The second-order valence-electron chi connectivity index (χ2n) is 3.48. The molecular formula is C7H16N2O3S. The maximum absolute atomic E-state index is 11.6. The minimum atomic E-state index is -2.80. The molecule has 1 aliphatic rings. The Kier molecular flexibility index (Phi) is 3.28. The molecule has 6 heteroatoms. The van der Waals surface area contributed by atoms with Gasteiger partial charge in [0.25, 0.3) is 0 Å². The third kappa shape index (κ3) is 2.63. The van der Waals surface area contributed by atoms with Crippen LogP contribution in [0, 0.1) is 4.78 Å². The molecule has 0 amide bonds. The van der Waals surface area contributed by atoms with E-state index in [0.29, 0.717) is 6.61 Å². The first-order chi connectivity index (χ1) is 5.93. The lowest BCUT2D eigenvalue weighted by atomic mass is 10.2. The summed E-state index contributed by atoms with van der Waals surface area (Å²) >= 11 is 0. The van der Waals surface area contributed by atoms with Crippen LogP contribution in [0.2, 0.25) is 0 Å². The molecule has 0 aromatic carbocycles. The number of hydrogen-bond donors (Lipinski definition) is 3. The molecule has 0 aromatic rings. The fourth-order valence-electron chi connectivity index (χ4n) is 1.02. The molecule has 1 rings (SSSR count). The molecule has 1 saturated heterocycles. The van der Waals surface area contributed by atoms with Crippen LogP contribution < -0.4 is 4.72 Å². The van der Waals surface area contributed by atoms with E-state index in [0.717, 1.165) is 0 Å². The molecule has 3 unspecified atom stereocenters. The van der Waals surface area contributed by atoms with Crippen LogP contribution in [0.4, 0.5) is 0 Å². The van der Waals surface area contributed by atoms with E-state index in [1.807, 2.05) is 0 Å². The Bertz CT molecular complexity index is 263. The third-order valence-corrected chi connectivity index (χ3v) is 4.02. The van der Waals surface area contributed by atoms with Gasteiger partial charge in [0.1, 0.15) is 9.92 Å². The Hall–Kier alpha value is -0.170. The van der Waals surface area contributed by atoms with Crippen LogP contribution in [0.1, 0.15) is 13.8 Å². The lowest BCUT2D eigenvalue weighted by Crippen LogP contribution is -2.44. The van der Waals surface area contributed by atoms with Crippen LogP contribution >= 0.6 is 0 Å². The summed E-state index contributed by atoms with van der Waals surface area (Å²) in [5.41, 5.74) is 0. The van der Waals surface area contributed by atoms with Gasteiger partial charge in [0, 0.05) is 0 Å². The van der Waals surface area contributed by atoms with Crippen molar-refractivity contribution in [2.75, 3.05) is 13.2 Å². The van der Waals surface area contributed by atoms with E-state index >= 15 is 0 Å². The normalized spacial score (nSPS) is 33.5. The van der Waals surface area contributed by atoms with Gasteiger partial charge in [-0.3, -0.25) is 0 Å². The van der Waals surface area contributed by atoms with Gasteiger partial charge in [-0.25, -0.2) is 13.7 Å². The molecule has 0 aromatic heterocycles. The second-order valence-corrected chi connectivity index (χ2v) is 5.86. The predicted molar refractivity (Wildman–Crippen MR) is 49.7 cm³/mol. The van der Waals surface area contributed by atoms with Crippen LogP contribution in [-0.2, 0) is 14.7 Å². The number of nitrogens with one attached hydrogen (secondary N) is 2. The Morgan fingerprint density at radius 1 is 1.62 bits per heavy atom. The third-order valence-electron chi connectivity index (χ3n) is 2.04. The SMILES string of the molecule is CC(C)S(=N)(=O)NC1COCC1O. The zero-order valence-electron chi connectivity index (χ0n) is 7.82. The highest BCUT2D eigenvalue weighted by atomic mass is 32.2. The molecule has 0 radical (unpaired) electrons. The number of aliphatic hydroxyl groups excluding tert-OH is 1. The van der Waals surface area contributed by atoms with Gasteiger partial charge in [0.15, 0.2) is 0 Å². The molecule has 1 fully saturated rings. The minimum Gasteiger partial charge on any atom is -0.389 e. The van der Waals surface area contributed by atoms with Gasteiger partial charge in [0.05, 0.1) is 30.6 Å². The van der Waals surface area contributed by atoms with Crippen molar-refractivity contribution in [3.63, 3.8) is 0 Å². The fraction of sp³-hybridized carbons (Fsp3) is 1.00. The van der Waals surface area contributed by atoms with E-state index in [9.17, 15) is 9.32 Å². The first-order valence-electron chi connectivity index (χ1n) is 4.24. The van der Waals surface area contributed by atoms with Gasteiger partial charge >= 0.3 is 0 Å². The summed E-state index contributed by atoms with van der Waals surface area (Å²) in [5.74, 6) is 0. The van der Waals surface area contributed by atoms with E-state index in [4.69, 9.17) is 9.52 Å². The smallest absolute Gasteiger partial charge is 0.108 e. The standard InChI is InChI=1S/C7H16N2O3S/c1-5(2)13(8,11)9-6-3-12-4-7(6)10/h5-7,10H,3-4H2,1-2H3,(H2,8,9,11). The maximum atomic E-state index is 11.6. The molecule has 0 saturated carbocycles. The van der Waals surface area contributed by atoms with E-state index in [1.54, 1.807) is 13.8 Å². The predicted octanol–water partition coefficient (Wildman–Crippen LogP) is -0.294. The monoisotopic (exact) mass is 208 g/mol. The topological polar surface area (TPSA) is 82.4 Å². The molecule has 5 nitrogen and oxygen atoms in total. The molecule has 3 N–H and O–H groups in total. The van der Waals surface area contributed by atoms with Gasteiger partial charge in [-0.15, -0.1) is 0 Å². The highest BCUT2D eigenvalue weighted by Gasteiger charge is 2.29. The van der Waals surface area contributed by atoms with Crippen LogP contribution in [0.15, 0.2) is 0 Å². The van der Waals surface area contributed by atoms with Crippen molar-refractivity contribution in [1.82, 2.24) is 4.72 Å². The van der Waals surface area contributed by atoms with Crippen molar-refractivity contribution >= 4 is 9.92 Å². The van der Waals surface area contributed by atoms with Crippen molar-refractivity contribution < 1.29 is 14.1 Å². The maximum Gasteiger partial charge on any atom is 0.108 e. The number of ether oxygens (including phenoxy) is 1. The largest absolute Gasteiger partial charge is 0.389 e. The summed E-state index contributed by atoms with van der Waals surface area (Å²) in [6.45, 7) is 4.00. The highest BCUT2D eigenvalue weighted by Crippen LogP contribution is 2.08. The van der Waals surface area contributed by atoms with Crippen LogP contribution in [0.5, 0.6) is 0 Å². The Labute approximate surface area is 78.6 Å². The summed E-state index contributed by atoms with van der Waals surface area (Å²) in [7, 11) is -2.80. The summed E-state index contributed by atoms with van der Waals surface area (Å²) in [6, 6.07) is -0.368. The van der Waals surface area contributed by atoms with Crippen LogP contribution in [0.25, 0.3) is 0 Å². The molecule has 1 heterocycles. The second kappa shape index (κ2) is 3.91. The van der Waals surface area contributed by atoms with E-state index in [-0.39, 0.29) is 17.9 Å². The van der Waals surface area contributed by atoms with Crippen LogP contribution in [0.3, 0.4) is 0 Å². The molecular weight excluding hydrogens is 192 g/mol. The van der Waals surface area contributed by atoms with Gasteiger partial charge in [-0.2, -0.15) is 0 Å². The zero-order chi connectivity index (χ0) is 10.1. The average Bonchev–Trinajstić information content (AvgIpc) is 2.35. The summed E-state index contributed by atoms with van der Waals surface area (Å²) in [4.78, 5) is 0. The molecule has 78 valence electrons. The van der Waals surface area contributed by atoms with Gasteiger partial charge in [-0.1, -0.05) is 0 Å². The van der Waals surface area contributed by atoms with Crippen molar-refractivity contribution in [2.24, 2.45) is 0 Å². The van der Waals surface area contributed by atoms with E-state index < -0.39 is 16.0 Å². The van der Waals surface area contributed by atoms with Crippen LogP contribution in [-0.4, -0.2) is 39.9 Å². The number of rotatable bonds is 3. The van der Waals surface area contributed by atoms with Crippen molar-refractivity contribution in [3.8, 4) is 0 Å². The lowest BCUT2D eigenvalue weighted by molar-refractivity contribution is 0.124. The first kappa shape index (κ1) is 10.9. The van der Waals surface area contributed by atoms with Gasteiger partial charge in [-0.05, 0) is 13.8 Å². The number of hydrogen-bond acceptors (Lipinski definition) is 4. The molecule has 0 bridgehead atoms. The molecule has 0 aliphatic carbocycles. The summed E-state index contributed by atoms with van der Waals surface area (Å²) in [5, 5.41) is 9.07. The average molecular weight is 208 g/mol. The van der Waals surface area contributed by atoms with E-state index in [2.05, 4.69) is 4.72 Å². The summed E-state index contributed by atoms with van der Waals surface area (Å²) in [6.07, 6.45) is -0.648. The molecule has 0 spiro atoms. The van der Waals surface area contributed by atoms with Gasteiger partial charge < -0.3 is 9.84 Å². The van der Waals surface area contributed by atoms with Crippen molar-refractivity contribution in [1.29, 1.82) is 4.78 Å². The first-order valence-corrected chi connectivity index (χ1v) is 5.86. The number of aliphatic hydroxyl groups is 1. The minimum absolute atomic E-state index is 0.255. The van der Waals surface area contributed by atoms with Crippen molar-refractivity contribution in [2.45, 2.75) is 31.2 Å². The zero-order valence-corrected chi connectivity index (χ0v) is 8.63. The molecule has 3 atom stereocenters. The lowest BCUT2D eigenvalue weighted by Gasteiger charge is -2.19. The Balaban J connectivity index is 2.58. The quantitative estimate of drug-likeness (QED) is 0.596. The van der Waals surface area contributed by atoms with Gasteiger partial charge in [0.2, 0.25) is 0 Å². The summed E-state index contributed by atoms with van der Waals surface area (Å²) < 4.78 is 26.7. The Morgan fingerprint density at radius 3 is 2.62 bits per heavy atom. The fourth-order valence-corrected chi connectivity index (χ4v) is 1.96. The molecule has 13 heavy (non-hydrogen) atoms. The van der Waals surface area contributed by atoms with Crippen molar-refractivity contribution in [3.05, 3.63) is 0 Å². The Morgan fingerprint density at radius 2 is 2.23 bits per heavy atom. The molecule has 1 aliphatic heterocycles. The highest BCUT2D eigenvalue weighted by molar-refractivity contribution is 7.91.